The molecular formula is C14H11NO. The van der Waals surface area contributed by atoms with Crippen LogP contribution in [0.4, 0.5) is 0 Å². The minimum Gasteiger partial charge on any atom is -0.507 e. The highest BCUT2D eigenvalue weighted by Gasteiger charge is 2.07. The van der Waals surface area contributed by atoms with E-state index in [1.807, 2.05) is 43.3 Å². The first-order valence-electron chi connectivity index (χ1n) is 5.23. The second-order valence-corrected chi connectivity index (χ2v) is 3.97. The molecule has 0 saturated heterocycles. The second kappa shape index (κ2) is 3.20. The largest absolute Gasteiger partial charge is 0.507 e. The van der Waals surface area contributed by atoms with Gasteiger partial charge in [0.05, 0.1) is 10.9 Å². The van der Waals surface area contributed by atoms with Crippen molar-refractivity contribution in [2.45, 2.75) is 6.92 Å². The van der Waals surface area contributed by atoms with E-state index in [0.717, 1.165) is 27.2 Å². The van der Waals surface area contributed by atoms with Crippen LogP contribution in [0.15, 0.2) is 42.6 Å². The van der Waals surface area contributed by atoms with Crippen LogP contribution in [-0.2, 0) is 0 Å². The molecule has 0 amide bonds. The summed E-state index contributed by atoms with van der Waals surface area (Å²) in [6, 6.07) is 11.9. The Balaban J connectivity index is 2.63. The van der Waals surface area contributed by atoms with Gasteiger partial charge in [0.1, 0.15) is 5.75 Å². The van der Waals surface area contributed by atoms with Gasteiger partial charge in [-0.1, -0.05) is 30.3 Å². The van der Waals surface area contributed by atoms with E-state index in [1.165, 1.54) is 0 Å². The lowest BCUT2D eigenvalue weighted by molar-refractivity contribution is 0.478. The maximum absolute atomic E-state index is 10.1. The Bertz CT molecular complexity index is 689. The zero-order chi connectivity index (χ0) is 11.1. The highest BCUT2D eigenvalue weighted by atomic mass is 16.3. The van der Waals surface area contributed by atoms with E-state index in [-0.39, 0.29) is 0 Å². The SMILES string of the molecule is Cc1ccc2ccc3cccnc3c2c1O. The summed E-state index contributed by atoms with van der Waals surface area (Å²) in [4.78, 5) is 4.35. The Morgan fingerprint density at radius 1 is 1.00 bits per heavy atom. The van der Waals surface area contributed by atoms with Crippen LogP contribution in [0, 0.1) is 6.92 Å². The van der Waals surface area contributed by atoms with Crippen molar-refractivity contribution >= 4 is 21.7 Å². The zero-order valence-electron chi connectivity index (χ0n) is 8.94. The molecule has 0 saturated carbocycles. The van der Waals surface area contributed by atoms with Crippen LogP contribution in [0.1, 0.15) is 5.56 Å². The molecule has 1 heterocycles. The number of aromatic hydroxyl groups is 1. The van der Waals surface area contributed by atoms with Gasteiger partial charge < -0.3 is 5.11 Å². The maximum Gasteiger partial charge on any atom is 0.128 e. The molecule has 0 bridgehead atoms. The fraction of sp³-hybridized carbons (Fsp3) is 0.0714. The van der Waals surface area contributed by atoms with E-state index >= 15 is 0 Å². The summed E-state index contributed by atoms with van der Waals surface area (Å²) in [7, 11) is 0. The fourth-order valence-electron chi connectivity index (χ4n) is 2.04. The Labute approximate surface area is 93.2 Å². The molecule has 0 aliphatic heterocycles. The zero-order valence-corrected chi connectivity index (χ0v) is 8.94. The molecule has 0 fully saturated rings. The predicted molar refractivity (Wildman–Crippen MR) is 65.7 cm³/mol. The Hall–Kier alpha value is -2.09. The first-order valence-corrected chi connectivity index (χ1v) is 5.23. The highest BCUT2D eigenvalue weighted by Crippen LogP contribution is 2.33. The van der Waals surface area contributed by atoms with Crippen molar-refractivity contribution in [3.05, 3.63) is 48.2 Å². The van der Waals surface area contributed by atoms with Gasteiger partial charge in [-0.05, 0) is 23.9 Å². The number of nitrogens with zero attached hydrogens (tertiary/aromatic N) is 1. The number of pyridine rings is 1. The summed E-state index contributed by atoms with van der Waals surface area (Å²) >= 11 is 0. The van der Waals surface area contributed by atoms with E-state index < -0.39 is 0 Å². The lowest BCUT2D eigenvalue weighted by atomic mass is 10.0. The van der Waals surface area contributed by atoms with Crippen molar-refractivity contribution in [3.8, 4) is 5.75 Å². The molecule has 1 aromatic heterocycles. The molecular weight excluding hydrogens is 198 g/mol. The molecule has 2 heteroatoms. The molecule has 3 aromatic rings. The van der Waals surface area contributed by atoms with Gasteiger partial charge in [0.2, 0.25) is 0 Å². The maximum atomic E-state index is 10.1. The van der Waals surface area contributed by atoms with Gasteiger partial charge in [0, 0.05) is 11.6 Å². The van der Waals surface area contributed by atoms with E-state index in [9.17, 15) is 5.11 Å². The average molecular weight is 209 g/mol. The smallest absolute Gasteiger partial charge is 0.128 e. The van der Waals surface area contributed by atoms with Crippen molar-refractivity contribution in [1.82, 2.24) is 4.98 Å². The quantitative estimate of drug-likeness (QED) is 0.575. The third-order valence-corrected chi connectivity index (χ3v) is 2.93. The van der Waals surface area contributed by atoms with Crippen LogP contribution in [0.25, 0.3) is 21.7 Å². The van der Waals surface area contributed by atoms with Crippen LogP contribution in [0.5, 0.6) is 5.75 Å². The molecule has 0 atom stereocenters. The van der Waals surface area contributed by atoms with Crippen molar-refractivity contribution in [2.75, 3.05) is 0 Å². The Morgan fingerprint density at radius 2 is 1.75 bits per heavy atom. The summed E-state index contributed by atoms with van der Waals surface area (Å²) in [5, 5.41) is 13.0. The number of aryl methyl sites for hydroxylation is 1. The van der Waals surface area contributed by atoms with Crippen LogP contribution in [0.3, 0.4) is 0 Å². The molecule has 1 N–H and O–H groups in total. The fourth-order valence-corrected chi connectivity index (χ4v) is 2.04. The van der Waals surface area contributed by atoms with Crippen LogP contribution < -0.4 is 0 Å². The van der Waals surface area contributed by atoms with Gasteiger partial charge in [-0.2, -0.15) is 0 Å². The summed E-state index contributed by atoms with van der Waals surface area (Å²) in [6.07, 6.45) is 1.75. The number of hydrogen-bond acceptors (Lipinski definition) is 2. The van der Waals surface area contributed by atoms with Gasteiger partial charge >= 0.3 is 0 Å². The van der Waals surface area contributed by atoms with Gasteiger partial charge in [-0.15, -0.1) is 0 Å². The monoisotopic (exact) mass is 209 g/mol. The number of fused-ring (bicyclic) bond motifs is 3. The summed E-state index contributed by atoms with van der Waals surface area (Å²) in [5.41, 5.74) is 1.74. The minimum atomic E-state index is 0.335. The molecule has 0 aliphatic carbocycles. The van der Waals surface area contributed by atoms with Crippen molar-refractivity contribution in [2.24, 2.45) is 0 Å². The first-order chi connectivity index (χ1) is 7.77. The summed E-state index contributed by atoms with van der Waals surface area (Å²) in [6.45, 7) is 1.90. The van der Waals surface area contributed by atoms with Crippen molar-refractivity contribution < 1.29 is 5.11 Å². The molecule has 78 valence electrons. The lowest BCUT2D eigenvalue weighted by Crippen LogP contribution is -1.84. The molecule has 0 spiro atoms. The first kappa shape index (κ1) is 9.16. The minimum absolute atomic E-state index is 0.335. The average Bonchev–Trinajstić information content (AvgIpc) is 2.33. The standard InChI is InChI=1S/C14H11NO/c1-9-4-5-10-6-7-11-3-2-8-15-13(11)12(10)14(9)16/h2-8,16H,1H3. The molecule has 0 radical (unpaired) electrons. The summed E-state index contributed by atoms with van der Waals surface area (Å²) < 4.78 is 0. The van der Waals surface area contributed by atoms with Gasteiger partial charge in [0.15, 0.2) is 0 Å². The molecule has 16 heavy (non-hydrogen) atoms. The van der Waals surface area contributed by atoms with Gasteiger partial charge in [-0.25, -0.2) is 0 Å². The van der Waals surface area contributed by atoms with Crippen molar-refractivity contribution in [3.63, 3.8) is 0 Å². The highest BCUT2D eigenvalue weighted by molar-refractivity contribution is 6.08. The Kier molecular flexibility index (Phi) is 1.83. The number of aromatic nitrogens is 1. The Morgan fingerprint density at radius 3 is 2.62 bits per heavy atom. The van der Waals surface area contributed by atoms with Crippen LogP contribution in [-0.4, -0.2) is 10.1 Å². The third-order valence-electron chi connectivity index (χ3n) is 2.93. The topological polar surface area (TPSA) is 33.1 Å². The number of phenols is 1. The van der Waals surface area contributed by atoms with Gasteiger partial charge in [-0.3, -0.25) is 4.98 Å². The number of phenolic OH excluding ortho intramolecular Hbond substituents is 1. The summed E-state index contributed by atoms with van der Waals surface area (Å²) in [5.74, 6) is 0.335. The molecule has 2 aromatic carbocycles. The molecule has 2 nitrogen and oxygen atoms in total. The predicted octanol–water partition coefficient (Wildman–Crippen LogP) is 3.40. The van der Waals surface area contributed by atoms with Crippen LogP contribution in [0.2, 0.25) is 0 Å². The van der Waals surface area contributed by atoms with Crippen molar-refractivity contribution in [1.29, 1.82) is 0 Å². The van der Waals surface area contributed by atoms with Gasteiger partial charge in [0.25, 0.3) is 0 Å². The lowest BCUT2D eigenvalue weighted by Gasteiger charge is -2.06. The van der Waals surface area contributed by atoms with E-state index in [2.05, 4.69) is 4.98 Å². The third kappa shape index (κ3) is 1.16. The second-order valence-electron chi connectivity index (χ2n) is 3.97. The number of hydrogen-bond donors (Lipinski definition) is 1. The molecule has 0 unspecified atom stereocenters. The normalized spacial score (nSPS) is 11.1. The van der Waals surface area contributed by atoms with E-state index in [4.69, 9.17) is 0 Å². The molecule has 3 rings (SSSR count). The van der Waals surface area contributed by atoms with Crippen LogP contribution >= 0.6 is 0 Å². The number of rotatable bonds is 0. The molecule has 0 aliphatic rings. The van der Waals surface area contributed by atoms with E-state index in [1.54, 1.807) is 6.20 Å². The number of benzene rings is 2. The van der Waals surface area contributed by atoms with E-state index in [0.29, 0.717) is 5.75 Å².